The van der Waals surface area contributed by atoms with Crippen LogP contribution in [0.3, 0.4) is 0 Å². The molecular formula is C15H19BrF3N. The molecule has 1 saturated carbocycles. The van der Waals surface area contributed by atoms with Crippen LogP contribution in [0.25, 0.3) is 0 Å². The summed E-state index contributed by atoms with van der Waals surface area (Å²) in [7, 11) is 0. The van der Waals surface area contributed by atoms with E-state index in [0.29, 0.717) is 11.6 Å². The van der Waals surface area contributed by atoms with Crippen molar-refractivity contribution in [1.29, 1.82) is 0 Å². The van der Waals surface area contributed by atoms with Crippen molar-refractivity contribution in [2.75, 3.05) is 5.32 Å². The molecule has 2 atom stereocenters. The summed E-state index contributed by atoms with van der Waals surface area (Å²) in [6, 6.07) is 4.66. The largest absolute Gasteiger partial charge is 0.417 e. The highest BCUT2D eigenvalue weighted by atomic mass is 79.9. The van der Waals surface area contributed by atoms with Crippen LogP contribution < -0.4 is 5.32 Å². The zero-order chi connectivity index (χ0) is 14.8. The van der Waals surface area contributed by atoms with Gasteiger partial charge in [0.2, 0.25) is 0 Å². The molecule has 5 heteroatoms. The van der Waals surface area contributed by atoms with Gasteiger partial charge in [-0.05, 0) is 37.0 Å². The standard InChI is InChI=1S/C15H19BrF3N/c1-2-10-5-3-4-6-14(10)20-11-7-8-13(16)12(9-11)15(17,18)19/h7-10,14,20H,2-6H2,1H3. The Balaban J connectivity index is 2.17. The average Bonchev–Trinajstić information content (AvgIpc) is 2.40. The normalized spacial score (nSPS) is 23.6. The summed E-state index contributed by atoms with van der Waals surface area (Å²) < 4.78 is 38.8. The molecule has 0 bridgehead atoms. The van der Waals surface area contributed by atoms with Gasteiger partial charge in [-0.25, -0.2) is 0 Å². The molecule has 1 N–H and O–H groups in total. The molecule has 0 saturated heterocycles. The highest BCUT2D eigenvalue weighted by molar-refractivity contribution is 9.10. The molecule has 1 nitrogen and oxygen atoms in total. The highest BCUT2D eigenvalue weighted by Crippen LogP contribution is 2.37. The van der Waals surface area contributed by atoms with Crippen molar-refractivity contribution in [3.8, 4) is 0 Å². The van der Waals surface area contributed by atoms with Crippen molar-refractivity contribution in [3.63, 3.8) is 0 Å². The Morgan fingerprint density at radius 2 is 1.95 bits per heavy atom. The molecule has 1 aromatic rings. The topological polar surface area (TPSA) is 12.0 Å². The second kappa shape index (κ2) is 6.37. The van der Waals surface area contributed by atoms with Crippen molar-refractivity contribution < 1.29 is 13.2 Å². The number of nitrogens with one attached hydrogen (secondary N) is 1. The first-order valence-corrected chi connectivity index (χ1v) is 7.84. The van der Waals surface area contributed by atoms with E-state index in [0.717, 1.165) is 25.7 Å². The third kappa shape index (κ3) is 3.68. The summed E-state index contributed by atoms with van der Waals surface area (Å²) in [5.74, 6) is 0.557. The molecule has 0 aromatic heterocycles. The van der Waals surface area contributed by atoms with Crippen molar-refractivity contribution in [3.05, 3.63) is 28.2 Å². The maximum absolute atomic E-state index is 12.9. The number of alkyl halides is 3. The monoisotopic (exact) mass is 349 g/mol. The Labute approximate surface area is 126 Å². The van der Waals surface area contributed by atoms with Gasteiger partial charge < -0.3 is 5.32 Å². The highest BCUT2D eigenvalue weighted by Gasteiger charge is 2.33. The van der Waals surface area contributed by atoms with E-state index < -0.39 is 11.7 Å². The summed E-state index contributed by atoms with van der Waals surface area (Å²) in [6.07, 6.45) is 1.32. The Bertz CT molecular complexity index is 459. The van der Waals surface area contributed by atoms with Gasteiger partial charge in [-0.15, -0.1) is 0 Å². The van der Waals surface area contributed by atoms with Crippen LogP contribution in [0.1, 0.15) is 44.6 Å². The molecule has 0 heterocycles. The van der Waals surface area contributed by atoms with Gasteiger partial charge in [-0.3, -0.25) is 0 Å². The SMILES string of the molecule is CCC1CCCCC1Nc1ccc(Br)c(C(F)(F)F)c1. The van der Waals surface area contributed by atoms with Crippen LogP contribution in [0.2, 0.25) is 0 Å². The minimum atomic E-state index is -4.33. The summed E-state index contributed by atoms with van der Waals surface area (Å²) in [5, 5.41) is 3.30. The zero-order valence-corrected chi connectivity index (χ0v) is 13.0. The Hall–Kier alpha value is -0.710. The summed E-state index contributed by atoms with van der Waals surface area (Å²) in [4.78, 5) is 0. The van der Waals surface area contributed by atoms with Crippen LogP contribution in [0, 0.1) is 5.92 Å². The van der Waals surface area contributed by atoms with E-state index in [2.05, 4.69) is 28.2 Å². The van der Waals surface area contributed by atoms with Crippen molar-refractivity contribution in [2.24, 2.45) is 5.92 Å². The molecule has 0 amide bonds. The van der Waals surface area contributed by atoms with Gasteiger partial charge in [0, 0.05) is 16.2 Å². The predicted molar refractivity (Wildman–Crippen MR) is 78.8 cm³/mol. The van der Waals surface area contributed by atoms with E-state index in [1.54, 1.807) is 6.07 Å². The third-order valence-corrected chi connectivity index (χ3v) is 4.75. The number of anilines is 1. The Morgan fingerprint density at radius 3 is 2.60 bits per heavy atom. The molecule has 0 radical (unpaired) electrons. The fraction of sp³-hybridized carbons (Fsp3) is 0.600. The van der Waals surface area contributed by atoms with Crippen molar-refractivity contribution in [1.82, 2.24) is 0 Å². The number of hydrogen-bond acceptors (Lipinski definition) is 1. The summed E-state index contributed by atoms with van der Waals surface area (Å²) >= 11 is 2.97. The second-order valence-electron chi connectivity index (χ2n) is 5.40. The smallest absolute Gasteiger partial charge is 0.382 e. The van der Waals surface area contributed by atoms with Gasteiger partial charge in [0.25, 0.3) is 0 Å². The van der Waals surface area contributed by atoms with Crippen LogP contribution in [-0.4, -0.2) is 6.04 Å². The number of benzene rings is 1. The van der Waals surface area contributed by atoms with Gasteiger partial charge in [0.05, 0.1) is 5.56 Å². The molecule has 1 aromatic carbocycles. The zero-order valence-electron chi connectivity index (χ0n) is 11.4. The molecule has 0 spiro atoms. The minimum absolute atomic E-state index is 0.0891. The van der Waals surface area contributed by atoms with E-state index in [4.69, 9.17) is 0 Å². The lowest BCUT2D eigenvalue weighted by molar-refractivity contribution is -0.138. The lowest BCUT2D eigenvalue weighted by Crippen LogP contribution is -2.31. The maximum Gasteiger partial charge on any atom is 0.417 e. The lowest BCUT2D eigenvalue weighted by atomic mass is 9.83. The maximum atomic E-state index is 12.9. The van der Waals surface area contributed by atoms with Gasteiger partial charge in [-0.2, -0.15) is 13.2 Å². The molecule has 1 aliphatic rings. The van der Waals surface area contributed by atoms with Crippen LogP contribution in [0.5, 0.6) is 0 Å². The molecular weight excluding hydrogens is 331 g/mol. The number of hydrogen-bond donors (Lipinski definition) is 1. The van der Waals surface area contributed by atoms with Crippen molar-refractivity contribution >= 4 is 21.6 Å². The molecule has 1 aliphatic carbocycles. The first-order valence-electron chi connectivity index (χ1n) is 7.05. The summed E-state index contributed by atoms with van der Waals surface area (Å²) in [6.45, 7) is 2.15. The first-order chi connectivity index (χ1) is 9.41. The Morgan fingerprint density at radius 1 is 1.25 bits per heavy atom. The fourth-order valence-electron chi connectivity index (χ4n) is 2.93. The van der Waals surface area contributed by atoms with Crippen LogP contribution in [0.15, 0.2) is 22.7 Å². The Kier molecular flexibility index (Phi) is 4.99. The van der Waals surface area contributed by atoms with Crippen LogP contribution >= 0.6 is 15.9 Å². The molecule has 2 unspecified atom stereocenters. The molecule has 1 fully saturated rings. The fourth-order valence-corrected chi connectivity index (χ4v) is 3.40. The number of rotatable bonds is 3. The third-order valence-electron chi connectivity index (χ3n) is 4.06. The van der Waals surface area contributed by atoms with Crippen LogP contribution in [0.4, 0.5) is 18.9 Å². The van der Waals surface area contributed by atoms with E-state index in [1.807, 2.05) is 0 Å². The quantitative estimate of drug-likeness (QED) is 0.721. The van der Waals surface area contributed by atoms with E-state index >= 15 is 0 Å². The van der Waals surface area contributed by atoms with E-state index in [-0.39, 0.29) is 10.5 Å². The lowest BCUT2D eigenvalue weighted by Gasteiger charge is -2.32. The summed E-state index contributed by atoms with van der Waals surface area (Å²) in [5.41, 5.74) is -0.0581. The van der Waals surface area contributed by atoms with Gasteiger partial charge in [-0.1, -0.05) is 42.1 Å². The van der Waals surface area contributed by atoms with Gasteiger partial charge in [0.15, 0.2) is 0 Å². The second-order valence-corrected chi connectivity index (χ2v) is 6.25. The number of halogens is 4. The molecule has 0 aliphatic heterocycles. The first kappa shape index (κ1) is 15.7. The predicted octanol–water partition coefficient (Wildman–Crippen LogP) is 5.85. The molecule has 2 rings (SSSR count). The van der Waals surface area contributed by atoms with Gasteiger partial charge >= 0.3 is 6.18 Å². The molecule has 20 heavy (non-hydrogen) atoms. The van der Waals surface area contributed by atoms with Crippen LogP contribution in [-0.2, 0) is 6.18 Å². The average molecular weight is 350 g/mol. The molecule has 112 valence electrons. The minimum Gasteiger partial charge on any atom is -0.382 e. The van der Waals surface area contributed by atoms with Crippen molar-refractivity contribution in [2.45, 2.75) is 51.2 Å². The van der Waals surface area contributed by atoms with Gasteiger partial charge in [0.1, 0.15) is 0 Å². The van der Waals surface area contributed by atoms with E-state index in [9.17, 15) is 13.2 Å². The van der Waals surface area contributed by atoms with E-state index in [1.165, 1.54) is 18.6 Å².